The van der Waals surface area contributed by atoms with Gasteiger partial charge in [-0.15, -0.1) is 0 Å². The number of fused-ring (bicyclic) bond motifs is 1. The van der Waals surface area contributed by atoms with E-state index in [1.54, 1.807) is 0 Å². The van der Waals surface area contributed by atoms with Crippen molar-refractivity contribution in [1.29, 1.82) is 0 Å². The first-order chi connectivity index (χ1) is 14.5. The normalized spacial score (nSPS) is 14.8. The van der Waals surface area contributed by atoms with Crippen molar-refractivity contribution < 1.29 is 13.9 Å². The molecule has 3 aromatic rings. The van der Waals surface area contributed by atoms with Gasteiger partial charge in [0.1, 0.15) is 11.3 Å². The van der Waals surface area contributed by atoms with Crippen LogP contribution >= 0.6 is 0 Å². The highest BCUT2D eigenvalue weighted by molar-refractivity contribution is 6.04. The van der Waals surface area contributed by atoms with Crippen LogP contribution in [-0.4, -0.2) is 47.1 Å². The lowest BCUT2D eigenvalue weighted by Gasteiger charge is -2.27. The Morgan fingerprint density at radius 3 is 2.57 bits per heavy atom. The van der Waals surface area contributed by atoms with Gasteiger partial charge in [-0.3, -0.25) is 9.69 Å². The Bertz CT molecular complexity index is 1080. The van der Waals surface area contributed by atoms with Crippen LogP contribution in [0.5, 0.6) is 0 Å². The van der Waals surface area contributed by atoms with E-state index in [0.29, 0.717) is 17.6 Å². The molecule has 1 aliphatic rings. The van der Waals surface area contributed by atoms with Crippen molar-refractivity contribution in [3.63, 3.8) is 0 Å². The Morgan fingerprint density at radius 2 is 1.80 bits per heavy atom. The van der Waals surface area contributed by atoms with Gasteiger partial charge in [0.05, 0.1) is 35.7 Å². The molecule has 2 aromatic carbocycles. The number of carbonyl (C=O) groups excluding carboxylic acids is 1. The smallest absolute Gasteiger partial charge is 0.253 e. The van der Waals surface area contributed by atoms with Crippen molar-refractivity contribution in [2.45, 2.75) is 26.9 Å². The lowest BCUT2D eigenvalue weighted by Crippen LogP contribution is -2.36. The van der Waals surface area contributed by atoms with E-state index in [9.17, 15) is 9.18 Å². The molecule has 1 aromatic heterocycles. The lowest BCUT2D eigenvalue weighted by atomic mass is 10.1. The van der Waals surface area contributed by atoms with Crippen molar-refractivity contribution in [3.8, 4) is 0 Å². The van der Waals surface area contributed by atoms with Crippen LogP contribution in [0.3, 0.4) is 0 Å². The fraction of sp³-hybridized carbons (Fsp3) is 0.348. The highest BCUT2D eigenvalue weighted by atomic mass is 19.1. The third-order valence-corrected chi connectivity index (χ3v) is 5.45. The highest BCUT2D eigenvalue weighted by Crippen LogP contribution is 2.20. The number of carbonyl (C=O) groups is 1. The maximum absolute atomic E-state index is 14.1. The molecule has 0 bridgehead atoms. The van der Waals surface area contributed by atoms with Crippen molar-refractivity contribution in [2.24, 2.45) is 0 Å². The Labute approximate surface area is 175 Å². The zero-order chi connectivity index (χ0) is 21.1. The number of benzene rings is 2. The van der Waals surface area contributed by atoms with E-state index in [1.165, 1.54) is 12.1 Å². The number of aromatic nitrogens is 2. The summed E-state index contributed by atoms with van der Waals surface area (Å²) in [5, 5.41) is 2.93. The molecule has 1 aliphatic heterocycles. The van der Waals surface area contributed by atoms with Gasteiger partial charge in [0.2, 0.25) is 0 Å². The quantitative estimate of drug-likeness (QED) is 0.703. The fourth-order valence-corrected chi connectivity index (χ4v) is 3.63. The van der Waals surface area contributed by atoms with Gasteiger partial charge in [0.15, 0.2) is 0 Å². The first kappa shape index (κ1) is 20.4. The highest BCUT2D eigenvalue weighted by Gasteiger charge is 2.17. The van der Waals surface area contributed by atoms with Crippen LogP contribution < -0.4 is 5.32 Å². The molecule has 2 heterocycles. The summed E-state index contributed by atoms with van der Waals surface area (Å²) < 4.78 is 19.5. The van der Waals surface area contributed by atoms with Crippen LogP contribution in [0.25, 0.3) is 11.0 Å². The zero-order valence-electron chi connectivity index (χ0n) is 17.2. The molecule has 1 saturated heterocycles. The van der Waals surface area contributed by atoms with E-state index in [0.717, 1.165) is 55.4 Å². The van der Waals surface area contributed by atoms with Crippen molar-refractivity contribution in [1.82, 2.24) is 20.2 Å². The van der Waals surface area contributed by atoms with E-state index in [2.05, 4.69) is 26.3 Å². The minimum Gasteiger partial charge on any atom is -0.379 e. The van der Waals surface area contributed by atoms with Crippen molar-refractivity contribution in [2.75, 3.05) is 26.3 Å². The predicted octanol–water partition coefficient (Wildman–Crippen LogP) is 3.15. The summed E-state index contributed by atoms with van der Waals surface area (Å²) in [6, 6.07) is 10.6. The molecule has 6 nitrogen and oxygen atoms in total. The Kier molecular flexibility index (Phi) is 6.01. The number of nitrogens with zero attached hydrogens (tertiary/aromatic N) is 3. The average molecular weight is 408 g/mol. The molecule has 1 fully saturated rings. The lowest BCUT2D eigenvalue weighted by molar-refractivity contribution is 0.0340. The second-order valence-corrected chi connectivity index (χ2v) is 7.56. The number of morpholine rings is 1. The van der Waals surface area contributed by atoms with Crippen LogP contribution in [0.4, 0.5) is 4.39 Å². The second-order valence-electron chi connectivity index (χ2n) is 7.56. The van der Waals surface area contributed by atoms with Gasteiger partial charge in [0, 0.05) is 32.2 Å². The third kappa shape index (κ3) is 4.47. The van der Waals surface area contributed by atoms with Crippen LogP contribution in [0.1, 0.15) is 32.9 Å². The molecule has 0 radical (unpaired) electrons. The van der Waals surface area contributed by atoms with E-state index < -0.39 is 5.82 Å². The Morgan fingerprint density at radius 1 is 1.10 bits per heavy atom. The van der Waals surface area contributed by atoms with Crippen LogP contribution in [-0.2, 0) is 17.8 Å². The van der Waals surface area contributed by atoms with Gasteiger partial charge < -0.3 is 10.1 Å². The summed E-state index contributed by atoms with van der Waals surface area (Å²) in [5.74, 6) is -0.865. The number of aryl methyl sites for hydroxylation is 2. The molecule has 0 atom stereocenters. The predicted molar refractivity (Wildman–Crippen MR) is 113 cm³/mol. The number of ether oxygens (including phenoxy) is 1. The molecular weight excluding hydrogens is 383 g/mol. The minimum absolute atomic E-state index is 0.200. The molecule has 1 amide bonds. The summed E-state index contributed by atoms with van der Waals surface area (Å²) in [4.78, 5) is 24.1. The molecular formula is C23H25FN4O2. The number of halogens is 1. The van der Waals surface area contributed by atoms with Crippen LogP contribution in [0, 0.1) is 19.7 Å². The monoisotopic (exact) mass is 408 g/mol. The number of nitrogens with one attached hydrogen (secondary N) is 1. The number of hydrogen-bond donors (Lipinski definition) is 1. The van der Waals surface area contributed by atoms with E-state index >= 15 is 0 Å². The maximum atomic E-state index is 14.1. The average Bonchev–Trinajstić information content (AvgIpc) is 2.74. The van der Waals surface area contributed by atoms with E-state index in [-0.39, 0.29) is 11.5 Å². The summed E-state index contributed by atoms with van der Waals surface area (Å²) in [7, 11) is 0. The molecule has 4 rings (SSSR count). The largest absolute Gasteiger partial charge is 0.379 e. The topological polar surface area (TPSA) is 67.4 Å². The summed E-state index contributed by atoms with van der Waals surface area (Å²) in [6.45, 7) is 8.09. The van der Waals surface area contributed by atoms with Crippen molar-refractivity contribution in [3.05, 3.63) is 70.3 Å². The molecule has 0 aliphatic carbocycles. The van der Waals surface area contributed by atoms with Gasteiger partial charge in [-0.05, 0) is 31.0 Å². The van der Waals surface area contributed by atoms with Gasteiger partial charge in [0.25, 0.3) is 5.91 Å². The van der Waals surface area contributed by atoms with Gasteiger partial charge >= 0.3 is 0 Å². The summed E-state index contributed by atoms with van der Waals surface area (Å²) in [6.07, 6.45) is 0. The van der Waals surface area contributed by atoms with E-state index in [4.69, 9.17) is 4.74 Å². The maximum Gasteiger partial charge on any atom is 0.253 e. The standard InChI is InChI=1S/C23H25FN4O2/c1-15-16(2)27-22-20(11-19(24)12-21(22)26-15)23(29)25-13-17-5-3-4-6-18(17)14-28-7-9-30-10-8-28/h3-6,11-12H,7-10,13-14H2,1-2H3,(H,25,29). The van der Waals surface area contributed by atoms with Gasteiger partial charge in [-0.25, -0.2) is 14.4 Å². The zero-order valence-corrected chi connectivity index (χ0v) is 17.2. The fourth-order valence-electron chi connectivity index (χ4n) is 3.63. The third-order valence-electron chi connectivity index (χ3n) is 5.45. The second kappa shape index (κ2) is 8.85. The molecule has 0 unspecified atom stereocenters. The first-order valence-electron chi connectivity index (χ1n) is 10.1. The van der Waals surface area contributed by atoms with Gasteiger partial charge in [-0.2, -0.15) is 0 Å². The Balaban J connectivity index is 1.54. The molecule has 30 heavy (non-hydrogen) atoms. The van der Waals surface area contributed by atoms with E-state index in [1.807, 2.05) is 32.0 Å². The number of hydrogen-bond acceptors (Lipinski definition) is 5. The molecule has 0 saturated carbocycles. The van der Waals surface area contributed by atoms with Crippen molar-refractivity contribution >= 4 is 16.9 Å². The number of rotatable bonds is 5. The summed E-state index contributed by atoms with van der Waals surface area (Å²) in [5.41, 5.74) is 4.64. The molecule has 7 heteroatoms. The Hall–Kier alpha value is -2.90. The SMILES string of the molecule is Cc1nc2cc(F)cc(C(=O)NCc3ccccc3CN3CCOCC3)c2nc1C. The minimum atomic E-state index is -0.502. The molecule has 1 N–H and O–H groups in total. The molecule has 156 valence electrons. The molecule has 0 spiro atoms. The summed E-state index contributed by atoms with van der Waals surface area (Å²) >= 11 is 0. The van der Waals surface area contributed by atoms with Gasteiger partial charge in [-0.1, -0.05) is 24.3 Å². The van der Waals surface area contributed by atoms with Crippen LogP contribution in [0.2, 0.25) is 0 Å². The number of amides is 1. The first-order valence-corrected chi connectivity index (χ1v) is 10.1. The van der Waals surface area contributed by atoms with Crippen LogP contribution in [0.15, 0.2) is 36.4 Å².